The molecule has 1 heterocycles. The number of rotatable bonds is 9. The van der Waals surface area contributed by atoms with E-state index in [1.165, 1.54) is 5.56 Å². The zero-order chi connectivity index (χ0) is 20.6. The van der Waals surface area contributed by atoms with Gasteiger partial charge in [0.1, 0.15) is 5.76 Å². The number of methoxy groups -OCH3 is 2. The molecule has 5 heteroatoms. The maximum absolute atomic E-state index is 12.3. The maximum atomic E-state index is 12.3. The van der Waals surface area contributed by atoms with E-state index in [0.717, 1.165) is 17.7 Å². The van der Waals surface area contributed by atoms with Crippen LogP contribution in [0.4, 0.5) is 0 Å². The van der Waals surface area contributed by atoms with Crippen molar-refractivity contribution < 1.29 is 18.7 Å². The van der Waals surface area contributed by atoms with E-state index in [2.05, 4.69) is 12.1 Å². The van der Waals surface area contributed by atoms with Crippen LogP contribution in [-0.4, -0.2) is 31.6 Å². The molecule has 1 amide bonds. The molecule has 0 radical (unpaired) electrons. The van der Waals surface area contributed by atoms with Crippen LogP contribution in [-0.2, 0) is 11.3 Å². The Balaban J connectivity index is 1.75. The van der Waals surface area contributed by atoms with E-state index in [1.54, 1.807) is 27.4 Å². The molecule has 3 aromatic rings. The maximum Gasteiger partial charge on any atom is 0.219 e. The molecule has 0 unspecified atom stereocenters. The Labute approximate surface area is 171 Å². The second-order valence-electron chi connectivity index (χ2n) is 6.90. The minimum absolute atomic E-state index is 0.0334. The van der Waals surface area contributed by atoms with Crippen molar-refractivity contribution in [2.24, 2.45) is 0 Å². The molecule has 2 aromatic carbocycles. The van der Waals surface area contributed by atoms with Crippen molar-refractivity contribution >= 4 is 5.91 Å². The molecular weight excluding hydrogens is 366 g/mol. The van der Waals surface area contributed by atoms with E-state index in [-0.39, 0.29) is 11.8 Å². The Kier molecular flexibility index (Phi) is 6.95. The minimum Gasteiger partial charge on any atom is -0.493 e. The van der Waals surface area contributed by atoms with Crippen LogP contribution in [0, 0.1) is 0 Å². The van der Waals surface area contributed by atoms with Gasteiger partial charge in [0.25, 0.3) is 0 Å². The number of benzene rings is 2. The minimum atomic E-state index is 0.0334. The molecule has 3 rings (SSSR count). The molecule has 0 bridgehead atoms. The topological polar surface area (TPSA) is 51.9 Å². The third-order valence-corrected chi connectivity index (χ3v) is 5.04. The quantitative estimate of drug-likeness (QED) is 0.521. The molecule has 1 atom stereocenters. The lowest BCUT2D eigenvalue weighted by molar-refractivity contribution is -0.129. The first-order valence-corrected chi connectivity index (χ1v) is 9.67. The van der Waals surface area contributed by atoms with Gasteiger partial charge in [-0.25, -0.2) is 0 Å². The lowest BCUT2D eigenvalue weighted by Crippen LogP contribution is -2.30. The molecule has 0 fully saturated rings. The van der Waals surface area contributed by atoms with Gasteiger partial charge >= 0.3 is 0 Å². The van der Waals surface area contributed by atoms with Crippen LogP contribution >= 0.6 is 0 Å². The number of nitrogens with zero attached hydrogens (tertiary/aromatic N) is 1. The predicted molar refractivity (Wildman–Crippen MR) is 112 cm³/mol. The van der Waals surface area contributed by atoms with Crippen molar-refractivity contribution in [3.05, 3.63) is 83.8 Å². The summed E-state index contributed by atoms with van der Waals surface area (Å²) in [5.41, 5.74) is 2.17. The lowest BCUT2D eigenvalue weighted by atomic mass is 9.93. The van der Waals surface area contributed by atoms with Crippen molar-refractivity contribution in [2.75, 3.05) is 20.8 Å². The predicted octanol–water partition coefficient (Wildman–Crippen LogP) is 4.87. The van der Waals surface area contributed by atoms with Gasteiger partial charge < -0.3 is 18.8 Å². The van der Waals surface area contributed by atoms with Crippen molar-refractivity contribution in [3.63, 3.8) is 0 Å². The molecule has 0 spiro atoms. The summed E-state index contributed by atoms with van der Waals surface area (Å²) in [6, 6.07) is 19.9. The highest BCUT2D eigenvalue weighted by Crippen LogP contribution is 2.30. The largest absolute Gasteiger partial charge is 0.493 e. The summed E-state index contributed by atoms with van der Waals surface area (Å²) in [7, 11) is 3.22. The Morgan fingerprint density at radius 2 is 1.76 bits per heavy atom. The highest BCUT2D eigenvalue weighted by atomic mass is 16.5. The number of carbonyl (C=O) groups is 1. The van der Waals surface area contributed by atoms with Gasteiger partial charge in [-0.1, -0.05) is 36.4 Å². The van der Waals surface area contributed by atoms with Gasteiger partial charge in [0.15, 0.2) is 11.5 Å². The van der Waals surface area contributed by atoms with Crippen LogP contribution < -0.4 is 9.47 Å². The van der Waals surface area contributed by atoms with E-state index < -0.39 is 0 Å². The van der Waals surface area contributed by atoms with Crippen LogP contribution in [0.25, 0.3) is 0 Å². The molecule has 0 N–H and O–H groups in total. The number of hydrogen-bond acceptors (Lipinski definition) is 4. The number of carbonyl (C=O) groups excluding carboxylic acids is 1. The molecule has 152 valence electrons. The summed E-state index contributed by atoms with van der Waals surface area (Å²) >= 11 is 0. The molecule has 0 saturated heterocycles. The van der Waals surface area contributed by atoms with Gasteiger partial charge in [-0.3, -0.25) is 4.79 Å². The van der Waals surface area contributed by atoms with Gasteiger partial charge in [0.2, 0.25) is 5.91 Å². The summed E-state index contributed by atoms with van der Waals surface area (Å²) in [5.74, 6) is 2.37. The standard InChI is InChI=1S/C24H27NO4/c1-18(26)25(17-19-11-12-23(27-2)24(16-19)28-3)14-13-21(22-10-7-15-29-22)20-8-5-4-6-9-20/h4-12,15-16,21H,13-14,17H2,1-3H3/t21-/m1/s1. The number of amides is 1. The van der Waals surface area contributed by atoms with Gasteiger partial charge in [-0.15, -0.1) is 0 Å². The summed E-state index contributed by atoms with van der Waals surface area (Å²) in [6.45, 7) is 2.73. The van der Waals surface area contributed by atoms with Crippen molar-refractivity contribution in [1.82, 2.24) is 4.90 Å². The fourth-order valence-electron chi connectivity index (χ4n) is 3.48. The number of hydrogen-bond donors (Lipinski definition) is 0. The highest BCUT2D eigenvalue weighted by molar-refractivity contribution is 5.73. The van der Waals surface area contributed by atoms with Crippen molar-refractivity contribution in [3.8, 4) is 11.5 Å². The van der Waals surface area contributed by atoms with Crippen LogP contribution in [0.2, 0.25) is 0 Å². The first kappa shape index (κ1) is 20.5. The molecule has 5 nitrogen and oxygen atoms in total. The van der Waals surface area contributed by atoms with E-state index in [9.17, 15) is 4.79 Å². The van der Waals surface area contributed by atoms with E-state index in [0.29, 0.717) is 24.6 Å². The van der Waals surface area contributed by atoms with Crippen LogP contribution in [0.5, 0.6) is 11.5 Å². The fraction of sp³-hybridized carbons (Fsp3) is 0.292. The lowest BCUT2D eigenvalue weighted by Gasteiger charge is -2.24. The monoisotopic (exact) mass is 393 g/mol. The van der Waals surface area contributed by atoms with Gasteiger partial charge in [-0.2, -0.15) is 0 Å². The van der Waals surface area contributed by atoms with Crippen molar-refractivity contribution in [2.45, 2.75) is 25.8 Å². The Hall–Kier alpha value is -3.21. The van der Waals surface area contributed by atoms with Crippen LogP contribution in [0.15, 0.2) is 71.3 Å². The molecule has 29 heavy (non-hydrogen) atoms. The van der Waals surface area contributed by atoms with E-state index in [4.69, 9.17) is 13.9 Å². The summed E-state index contributed by atoms with van der Waals surface area (Å²) in [6.07, 6.45) is 2.46. The molecule has 1 aromatic heterocycles. The van der Waals surface area contributed by atoms with Gasteiger partial charge in [-0.05, 0) is 41.8 Å². The zero-order valence-electron chi connectivity index (χ0n) is 17.1. The normalized spacial score (nSPS) is 11.7. The fourth-order valence-corrected chi connectivity index (χ4v) is 3.48. The molecule has 0 aliphatic rings. The highest BCUT2D eigenvalue weighted by Gasteiger charge is 2.20. The molecule has 0 aliphatic carbocycles. The first-order chi connectivity index (χ1) is 14.1. The molecular formula is C24H27NO4. The van der Waals surface area contributed by atoms with Gasteiger partial charge in [0, 0.05) is 25.9 Å². The SMILES string of the molecule is COc1ccc(CN(CC[C@H](c2ccccc2)c2ccco2)C(C)=O)cc1OC. The second kappa shape index (κ2) is 9.82. The number of ether oxygens (including phenoxy) is 2. The first-order valence-electron chi connectivity index (χ1n) is 9.67. The van der Waals surface area contributed by atoms with E-state index >= 15 is 0 Å². The Bertz CT molecular complexity index is 906. The van der Waals surface area contributed by atoms with Crippen LogP contribution in [0.1, 0.15) is 36.1 Å². The number of furan rings is 1. The second-order valence-corrected chi connectivity index (χ2v) is 6.90. The summed E-state index contributed by atoms with van der Waals surface area (Å²) in [4.78, 5) is 14.2. The Morgan fingerprint density at radius 3 is 2.38 bits per heavy atom. The summed E-state index contributed by atoms with van der Waals surface area (Å²) < 4.78 is 16.4. The van der Waals surface area contributed by atoms with Crippen LogP contribution in [0.3, 0.4) is 0 Å². The average molecular weight is 393 g/mol. The molecule has 0 saturated carbocycles. The van der Waals surface area contributed by atoms with Gasteiger partial charge in [0.05, 0.1) is 20.5 Å². The summed E-state index contributed by atoms with van der Waals surface area (Å²) in [5, 5.41) is 0. The third-order valence-electron chi connectivity index (χ3n) is 5.04. The smallest absolute Gasteiger partial charge is 0.219 e. The third kappa shape index (κ3) is 5.19. The van der Waals surface area contributed by atoms with E-state index in [1.807, 2.05) is 53.4 Å². The Morgan fingerprint density at radius 1 is 1.00 bits per heavy atom. The molecule has 0 aliphatic heterocycles. The zero-order valence-corrected chi connectivity index (χ0v) is 17.1. The van der Waals surface area contributed by atoms with Crippen molar-refractivity contribution in [1.29, 1.82) is 0 Å². The average Bonchev–Trinajstić information content (AvgIpc) is 3.28.